The maximum absolute atomic E-state index is 13.4. The zero-order valence-electron chi connectivity index (χ0n) is 12.2. The van der Waals surface area contributed by atoms with Crippen LogP contribution in [0.2, 0.25) is 0 Å². The topological polar surface area (TPSA) is 26.3 Å². The SMILES string of the molecule is O=C(OCc1c(F)c(F)c(F)c(F)c1F)c1ccc(F)cc1C(F)(F)F. The molecule has 0 N–H and O–H groups in total. The Kier molecular flexibility index (Phi) is 5.19. The number of carbonyl (C=O) groups is 1. The predicted molar refractivity (Wildman–Crippen MR) is 66.8 cm³/mol. The molecule has 140 valence electrons. The van der Waals surface area contributed by atoms with Crippen LogP contribution in [0.25, 0.3) is 0 Å². The number of alkyl halides is 3. The first kappa shape index (κ1) is 19.6. The molecule has 0 atom stereocenters. The van der Waals surface area contributed by atoms with E-state index in [2.05, 4.69) is 4.74 Å². The van der Waals surface area contributed by atoms with Crippen LogP contribution in [0.1, 0.15) is 21.5 Å². The molecule has 0 amide bonds. The largest absolute Gasteiger partial charge is 0.457 e. The summed E-state index contributed by atoms with van der Waals surface area (Å²) in [5.41, 5.74) is -4.49. The van der Waals surface area contributed by atoms with Crippen LogP contribution in [0.3, 0.4) is 0 Å². The second kappa shape index (κ2) is 6.89. The number of benzene rings is 2. The molecule has 2 aromatic rings. The number of halogens is 9. The van der Waals surface area contributed by atoms with Gasteiger partial charge < -0.3 is 4.74 Å². The normalized spacial score (nSPS) is 11.6. The predicted octanol–water partition coefficient (Wildman–Crippen LogP) is 4.90. The van der Waals surface area contributed by atoms with E-state index in [9.17, 15) is 44.3 Å². The van der Waals surface area contributed by atoms with Gasteiger partial charge in [0.1, 0.15) is 12.4 Å². The highest BCUT2D eigenvalue weighted by Gasteiger charge is 2.36. The molecule has 0 saturated carbocycles. The molecular formula is C15H5F9O2. The summed E-state index contributed by atoms with van der Waals surface area (Å²) in [6.07, 6.45) is -5.17. The number of ether oxygens (including phenoxy) is 1. The van der Waals surface area contributed by atoms with Crippen LogP contribution in [0.15, 0.2) is 18.2 Å². The molecule has 26 heavy (non-hydrogen) atoms. The molecule has 2 rings (SSSR count). The van der Waals surface area contributed by atoms with E-state index in [1.807, 2.05) is 0 Å². The van der Waals surface area contributed by atoms with E-state index in [-0.39, 0.29) is 6.07 Å². The standard InChI is InChI=1S/C15H5F9O2/c16-5-1-2-6(8(3-5)15(22,23)24)14(25)26-4-7-9(17)11(19)13(21)12(20)10(7)18/h1-3H,4H2. The third-order valence-corrected chi connectivity index (χ3v) is 3.16. The highest BCUT2D eigenvalue weighted by Crippen LogP contribution is 2.33. The number of esters is 1. The number of rotatable bonds is 3. The Bertz CT molecular complexity index is 845. The summed E-state index contributed by atoms with van der Waals surface area (Å²) in [6.45, 7) is -1.54. The highest BCUT2D eigenvalue weighted by atomic mass is 19.4. The van der Waals surface area contributed by atoms with Crippen molar-refractivity contribution in [2.24, 2.45) is 0 Å². The van der Waals surface area contributed by atoms with Gasteiger partial charge in [0, 0.05) is 0 Å². The lowest BCUT2D eigenvalue weighted by Gasteiger charge is -2.13. The average Bonchev–Trinajstić information content (AvgIpc) is 2.57. The maximum Gasteiger partial charge on any atom is 0.417 e. The summed E-state index contributed by atoms with van der Waals surface area (Å²) in [6, 6.07) is 0.873. The first-order chi connectivity index (χ1) is 11.9. The fourth-order valence-electron chi connectivity index (χ4n) is 1.92. The minimum atomic E-state index is -5.17. The Morgan fingerprint density at radius 3 is 1.85 bits per heavy atom. The van der Waals surface area contributed by atoms with E-state index in [4.69, 9.17) is 0 Å². The molecule has 0 unspecified atom stereocenters. The Morgan fingerprint density at radius 1 is 0.846 bits per heavy atom. The Hall–Kier alpha value is -2.72. The third-order valence-electron chi connectivity index (χ3n) is 3.16. The Balaban J connectivity index is 2.35. The van der Waals surface area contributed by atoms with Gasteiger partial charge in [-0.15, -0.1) is 0 Å². The molecule has 0 radical (unpaired) electrons. The molecule has 0 bridgehead atoms. The Labute approximate surface area is 138 Å². The van der Waals surface area contributed by atoms with Crippen LogP contribution in [0, 0.1) is 34.9 Å². The molecule has 0 aliphatic carbocycles. The summed E-state index contributed by atoms with van der Waals surface area (Å²) in [5.74, 6) is -14.8. The van der Waals surface area contributed by atoms with E-state index in [0.29, 0.717) is 12.1 Å². The lowest BCUT2D eigenvalue weighted by Crippen LogP contribution is -2.17. The van der Waals surface area contributed by atoms with Gasteiger partial charge in [-0.05, 0) is 18.2 Å². The van der Waals surface area contributed by atoms with Crippen molar-refractivity contribution in [2.75, 3.05) is 0 Å². The molecular weight excluding hydrogens is 383 g/mol. The fraction of sp³-hybridized carbons (Fsp3) is 0.133. The lowest BCUT2D eigenvalue weighted by molar-refractivity contribution is -0.138. The van der Waals surface area contributed by atoms with Crippen LogP contribution in [-0.4, -0.2) is 5.97 Å². The summed E-state index contributed by atoms with van der Waals surface area (Å²) in [7, 11) is 0. The van der Waals surface area contributed by atoms with Gasteiger partial charge in [0.25, 0.3) is 0 Å². The molecule has 0 aliphatic rings. The van der Waals surface area contributed by atoms with E-state index >= 15 is 0 Å². The summed E-state index contributed by atoms with van der Waals surface area (Å²) in [4.78, 5) is 11.7. The lowest BCUT2D eigenvalue weighted by atomic mass is 10.1. The summed E-state index contributed by atoms with van der Waals surface area (Å²) >= 11 is 0. The van der Waals surface area contributed by atoms with Crippen molar-refractivity contribution in [1.82, 2.24) is 0 Å². The van der Waals surface area contributed by atoms with Crippen molar-refractivity contribution in [2.45, 2.75) is 12.8 Å². The molecule has 2 aromatic carbocycles. The molecule has 0 saturated heterocycles. The minimum absolute atomic E-state index is 0.0189. The van der Waals surface area contributed by atoms with E-state index in [1.54, 1.807) is 0 Å². The zero-order chi connectivity index (χ0) is 19.8. The number of carbonyl (C=O) groups excluding carboxylic acids is 1. The van der Waals surface area contributed by atoms with E-state index < -0.39 is 70.3 Å². The molecule has 0 aromatic heterocycles. The highest BCUT2D eigenvalue weighted by molar-refractivity contribution is 5.91. The van der Waals surface area contributed by atoms with Gasteiger partial charge in [-0.3, -0.25) is 0 Å². The van der Waals surface area contributed by atoms with Crippen LogP contribution in [-0.2, 0) is 17.5 Å². The number of hydrogen-bond donors (Lipinski definition) is 0. The summed E-state index contributed by atoms with van der Waals surface area (Å²) in [5, 5.41) is 0. The molecule has 0 spiro atoms. The second-order valence-corrected chi connectivity index (χ2v) is 4.81. The minimum Gasteiger partial charge on any atom is -0.457 e. The van der Waals surface area contributed by atoms with Crippen LogP contribution >= 0.6 is 0 Å². The molecule has 0 heterocycles. The van der Waals surface area contributed by atoms with Crippen LogP contribution in [0.4, 0.5) is 39.5 Å². The number of hydrogen-bond acceptors (Lipinski definition) is 2. The van der Waals surface area contributed by atoms with Crippen molar-refractivity contribution >= 4 is 5.97 Å². The van der Waals surface area contributed by atoms with Crippen molar-refractivity contribution in [1.29, 1.82) is 0 Å². The monoisotopic (exact) mass is 388 g/mol. The molecule has 0 aliphatic heterocycles. The zero-order valence-corrected chi connectivity index (χ0v) is 12.2. The van der Waals surface area contributed by atoms with Gasteiger partial charge in [-0.2, -0.15) is 13.2 Å². The van der Waals surface area contributed by atoms with E-state index in [1.165, 1.54) is 0 Å². The van der Waals surface area contributed by atoms with Gasteiger partial charge >= 0.3 is 12.1 Å². The van der Waals surface area contributed by atoms with Crippen molar-refractivity contribution < 1.29 is 49.0 Å². The maximum atomic E-state index is 13.4. The van der Waals surface area contributed by atoms with Crippen LogP contribution in [0.5, 0.6) is 0 Å². The average molecular weight is 388 g/mol. The first-order valence-electron chi connectivity index (χ1n) is 6.49. The van der Waals surface area contributed by atoms with Gasteiger partial charge in [0.15, 0.2) is 23.3 Å². The van der Waals surface area contributed by atoms with Gasteiger partial charge in [0.05, 0.1) is 16.7 Å². The third kappa shape index (κ3) is 3.60. The summed E-state index contributed by atoms with van der Waals surface area (Å²) < 4.78 is 121. The Morgan fingerprint density at radius 2 is 1.35 bits per heavy atom. The van der Waals surface area contributed by atoms with Crippen molar-refractivity contribution in [3.05, 3.63) is 69.8 Å². The fourth-order valence-corrected chi connectivity index (χ4v) is 1.92. The van der Waals surface area contributed by atoms with Crippen molar-refractivity contribution in [3.8, 4) is 0 Å². The molecule has 2 nitrogen and oxygen atoms in total. The van der Waals surface area contributed by atoms with E-state index in [0.717, 1.165) is 0 Å². The molecule has 11 heteroatoms. The molecule has 0 fully saturated rings. The smallest absolute Gasteiger partial charge is 0.417 e. The van der Waals surface area contributed by atoms with Crippen LogP contribution < -0.4 is 0 Å². The second-order valence-electron chi connectivity index (χ2n) is 4.81. The van der Waals surface area contributed by atoms with Gasteiger partial charge in [-0.1, -0.05) is 0 Å². The van der Waals surface area contributed by atoms with Gasteiger partial charge in [-0.25, -0.2) is 31.1 Å². The van der Waals surface area contributed by atoms with Gasteiger partial charge in [0.2, 0.25) is 5.82 Å². The first-order valence-corrected chi connectivity index (χ1v) is 6.49. The quantitative estimate of drug-likeness (QED) is 0.324. The van der Waals surface area contributed by atoms with Crippen molar-refractivity contribution in [3.63, 3.8) is 0 Å².